The minimum Gasteiger partial charge on any atom is -0.480 e. The van der Waals surface area contributed by atoms with E-state index >= 15 is 0 Å². The summed E-state index contributed by atoms with van der Waals surface area (Å²) in [5.74, 6) is 3.08. The molecule has 4 heterocycles. The van der Waals surface area contributed by atoms with Gasteiger partial charge in [-0.1, -0.05) is 43.5 Å². The molecule has 4 aliphatic rings. The number of piperidine rings is 1. The molecular weight excluding hydrogens is 547 g/mol. The van der Waals surface area contributed by atoms with E-state index in [4.69, 9.17) is 4.98 Å². The molecule has 6 nitrogen and oxygen atoms in total. The van der Waals surface area contributed by atoms with Gasteiger partial charge >= 0.3 is 5.97 Å². The SMILES string of the molecule is Cc1nc2ccccc2n1C1CC2CSCC(C1)N2C[C@H]1CN([C@@H](C(=O)O)C2CCCCC2)C[C@@H]1c1cccc(F)c1. The fourth-order valence-corrected chi connectivity index (χ4v) is 10.2. The van der Waals surface area contributed by atoms with Gasteiger partial charge in [0.25, 0.3) is 0 Å². The first-order valence-electron chi connectivity index (χ1n) is 16.0. The number of carboxylic acid groups (broad SMARTS) is 1. The smallest absolute Gasteiger partial charge is 0.321 e. The normalized spacial score (nSPS) is 30.1. The Bertz CT molecular complexity index is 1410. The maximum absolute atomic E-state index is 14.5. The first-order valence-corrected chi connectivity index (χ1v) is 17.1. The zero-order valence-corrected chi connectivity index (χ0v) is 25.4. The van der Waals surface area contributed by atoms with Gasteiger partial charge in [0.2, 0.25) is 0 Å². The van der Waals surface area contributed by atoms with Crippen LogP contribution >= 0.6 is 11.8 Å². The van der Waals surface area contributed by atoms with Crippen LogP contribution in [-0.2, 0) is 4.79 Å². The third kappa shape index (κ3) is 5.39. The fraction of sp³-hybridized carbons (Fsp3) is 0.588. The maximum atomic E-state index is 14.5. The number of para-hydroxylation sites is 2. The number of likely N-dealkylation sites (tertiary alicyclic amines) is 1. The van der Waals surface area contributed by atoms with Crippen LogP contribution in [0.25, 0.3) is 11.0 Å². The average molecular weight is 591 g/mol. The number of aryl methyl sites for hydroxylation is 1. The van der Waals surface area contributed by atoms with Crippen LogP contribution in [0.15, 0.2) is 48.5 Å². The number of halogens is 1. The molecule has 42 heavy (non-hydrogen) atoms. The van der Waals surface area contributed by atoms with Gasteiger partial charge in [0.05, 0.1) is 11.0 Å². The second kappa shape index (κ2) is 11.9. The van der Waals surface area contributed by atoms with Crippen LogP contribution in [0, 0.1) is 24.6 Å². The lowest BCUT2D eigenvalue weighted by atomic mass is 9.83. The molecule has 0 radical (unpaired) electrons. The van der Waals surface area contributed by atoms with E-state index in [1.165, 1.54) is 18.0 Å². The van der Waals surface area contributed by atoms with Gasteiger partial charge in [0.1, 0.15) is 17.7 Å². The number of rotatable bonds is 7. The Balaban J connectivity index is 1.15. The number of carboxylic acids is 1. The van der Waals surface area contributed by atoms with Crippen molar-refractivity contribution < 1.29 is 14.3 Å². The highest BCUT2D eigenvalue weighted by molar-refractivity contribution is 7.99. The Hall–Kier alpha value is -2.42. The predicted molar refractivity (Wildman–Crippen MR) is 167 cm³/mol. The third-order valence-corrected chi connectivity index (χ3v) is 12.0. The summed E-state index contributed by atoms with van der Waals surface area (Å²) in [4.78, 5) is 22.6. The summed E-state index contributed by atoms with van der Waals surface area (Å²) >= 11 is 2.08. The van der Waals surface area contributed by atoms with Gasteiger partial charge in [-0.2, -0.15) is 11.8 Å². The largest absolute Gasteiger partial charge is 0.480 e. The molecule has 5 atom stereocenters. The number of aromatic nitrogens is 2. The van der Waals surface area contributed by atoms with Crippen LogP contribution in [0.2, 0.25) is 0 Å². The van der Waals surface area contributed by atoms with Crippen molar-refractivity contribution >= 4 is 28.8 Å². The minimum absolute atomic E-state index is 0.136. The molecule has 1 N–H and O–H groups in total. The Kier molecular flexibility index (Phi) is 8.05. The molecule has 8 heteroatoms. The standard InChI is InChI=1S/C34H43FN4O2S/c1-22-36-31-12-5-6-13-32(31)39(22)27-15-28-20-42-21-29(16-27)38(28)18-25-17-37(19-30(25)24-10-7-11-26(35)14-24)33(34(40)41)23-8-3-2-4-9-23/h5-7,10-14,23,25,27-30,33H,2-4,8-9,15-21H2,1H3,(H,40,41)/t25-,27?,28?,29?,30-,33-/m1/s1. The second-order valence-corrected chi connectivity index (χ2v) is 14.3. The van der Waals surface area contributed by atoms with E-state index in [-0.39, 0.29) is 23.6 Å². The van der Waals surface area contributed by atoms with Crippen LogP contribution in [0.4, 0.5) is 4.39 Å². The van der Waals surface area contributed by atoms with Gasteiger partial charge in [0, 0.05) is 55.2 Å². The molecule has 0 amide bonds. The van der Waals surface area contributed by atoms with Crippen molar-refractivity contribution in [3.63, 3.8) is 0 Å². The van der Waals surface area contributed by atoms with E-state index in [0.717, 1.165) is 80.0 Å². The maximum Gasteiger partial charge on any atom is 0.321 e. The highest BCUT2D eigenvalue weighted by Gasteiger charge is 2.46. The quantitative estimate of drug-likeness (QED) is 0.346. The van der Waals surface area contributed by atoms with Gasteiger partial charge in [-0.15, -0.1) is 0 Å². The van der Waals surface area contributed by atoms with Gasteiger partial charge in [0.15, 0.2) is 0 Å². The summed E-state index contributed by atoms with van der Waals surface area (Å²) in [6.07, 6.45) is 7.67. The van der Waals surface area contributed by atoms with Crippen LogP contribution in [0.1, 0.15) is 68.3 Å². The van der Waals surface area contributed by atoms with Crippen LogP contribution in [-0.4, -0.2) is 79.7 Å². The lowest BCUT2D eigenvalue weighted by Crippen LogP contribution is -2.56. The molecule has 2 bridgehead atoms. The number of imidazole rings is 1. The van der Waals surface area contributed by atoms with Crippen molar-refractivity contribution in [1.29, 1.82) is 0 Å². The molecule has 3 aromatic rings. The number of nitrogens with zero attached hydrogens (tertiary/aromatic N) is 4. The molecule has 1 aromatic heterocycles. The van der Waals surface area contributed by atoms with Crippen molar-refractivity contribution in [3.8, 4) is 0 Å². The van der Waals surface area contributed by atoms with E-state index in [1.54, 1.807) is 6.07 Å². The molecule has 3 saturated heterocycles. The molecule has 1 saturated carbocycles. The molecular formula is C34H43FN4O2S. The van der Waals surface area contributed by atoms with Crippen molar-refractivity contribution in [3.05, 3.63) is 65.7 Å². The predicted octanol–water partition coefficient (Wildman–Crippen LogP) is 6.35. The summed E-state index contributed by atoms with van der Waals surface area (Å²) in [7, 11) is 0. The Morgan fingerprint density at radius 2 is 1.79 bits per heavy atom. The molecule has 7 rings (SSSR count). The summed E-state index contributed by atoms with van der Waals surface area (Å²) in [6.45, 7) is 4.55. The second-order valence-electron chi connectivity index (χ2n) is 13.2. The van der Waals surface area contributed by atoms with E-state index in [1.807, 2.05) is 6.07 Å². The number of fused-ring (bicyclic) bond motifs is 3. The first-order chi connectivity index (χ1) is 20.5. The van der Waals surface area contributed by atoms with Crippen molar-refractivity contribution in [2.45, 2.75) is 82.0 Å². The molecule has 2 aromatic carbocycles. The minimum atomic E-state index is -0.683. The summed E-state index contributed by atoms with van der Waals surface area (Å²) in [6, 6.07) is 16.5. The molecule has 2 unspecified atom stereocenters. The lowest BCUT2D eigenvalue weighted by Gasteiger charge is -2.50. The molecule has 0 spiro atoms. The summed E-state index contributed by atoms with van der Waals surface area (Å²) in [5, 5.41) is 10.4. The number of hydrogen-bond acceptors (Lipinski definition) is 5. The van der Waals surface area contributed by atoms with Crippen LogP contribution < -0.4 is 0 Å². The Morgan fingerprint density at radius 3 is 2.52 bits per heavy atom. The van der Waals surface area contributed by atoms with Crippen molar-refractivity contribution in [2.24, 2.45) is 11.8 Å². The zero-order chi connectivity index (χ0) is 28.8. The highest BCUT2D eigenvalue weighted by atomic mass is 32.2. The lowest BCUT2D eigenvalue weighted by molar-refractivity contribution is -0.145. The van der Waals surface area contributed by atoms with Gasteiger partial charge in [-0.25, -0.2) is 9.37 Å². The van der Waals surface area contributed by atoms with Gasteiger partial charge < -0.3 is 9.67 Å². The average Bonchev–Trinajstić information content (AvgIpc) is 3.53. The first kappa shape index (κ1) is 28.4. The molecule has 1 aliphatic carbocycles. The van der Waals surface area contributed by atoms with Gasteiger partial charge in [-0.05, 0) is 74.3 Å². The third-order valence-electron chi connectivity index (χ3n) is 10.7. The highest BCUT2D eigenvalue weighted by Crippen LogP contribution is 2.43. The van der Waals surface area contributed by atoms with Gasteiger partial charge in [-0.3, -0.25) is 14.6 Å². The number of carbonyl (C=O) groups is 1. The number of aliphatic carboxylic acids is 1. The van der Waals surface area contributed by atoms with Crippen molar-refractivity contribution in [1.82, 2.24) is 19.4 Å². The van der Waals surface area contributed by atoms with E-state index in [9.17, 15) is 14.3 Å². The summed E-state index contributed by atoms with van der Waals surface area (Å²) in [5.41, 5.74) is 3.33. The monoisotopic (exact) mass is 590 g/mol. The van der Waals surface area contributed by atoms with Crippen LogP contribution in [0.5, 0.6) is 0 Å². The molecule has 3 aliphatic heterocycles. The number of thioether (sulfide) groups is 1. The molecule has 224 valence electrons. The zero-order valence-electron chi connectivity index (χ0n) is 24.6. The fourth-order valence-electron chi connectivity index (χ4n) is 8.90. The van der Waals surface area contributed by atoms with Crippen molar-refractivity contribution in [2.75, 3.05) is 31.1 Å². The topological polar surface area (TPSA) is 61.6 Å². The van der Waals surface area contributed by atoms with E-state index in [2.05, 4.69) is 63.4 Å². The van der Waals surface area contributed by atoms with Crippen LogP contribution in [0.3, 0.4) is 0 Å². The number of hydrogen-bond donors (Lipinski definition) is 1. The summed E-state index contributed by atoms with van der Waals surface area (Å²) < 4.78 is 16.9. The number of benzene rings is 2. The Morgan fingerprint density at radius 1 is 1.02 bits per heavy atom. The Labute approximate surface area is 252 Å². The van der Waals surface area contributed by atoms with E-state index < -0.39 is 12.0 Å². The van der Waals surface area contributed by atoms with E-state index in [0.29, 0.717) is 24.7 Å². The molecule has 4 fully saturated rings.